The largest absolute Gasteiger partial charge is 0.254 e. The van der Waals surface area contributed by atoms with Crippen molar-refractivity contribution in [2.75, 3.05) is 0 Å². The van der Waals surface area contributed by atoms with Crippen molar-refractivity contribution < 1.29 is 0 Å². The number of hydrogen-bond acceptors (Lipinski definition) is 2. The molecule has 1 nitrogen and oxygen atoms in total. The molecule has 0 aliphatic rings. The van der Waals surface area contributed by atoms with Crippen LogP contribution in [0.4, 0.5) is 5.69 Å². The molecule has 4 heteroatoms. The van der Waals surface area contributed by atoms with E-state index < -0.39 is 0 Å². The summed E-state index contributed by atoms with van der Waals surface area (Å²) in [5.41, 5.74) is 0.989. The van der Waals surface area contributed by atoms with Crippen molar-refractivity contribution in [2.45, 2.75) is 0 Å². The Morgan fingerprint density at radius 2 is 2.00 bits per heavy atom. The van der Waals surface area contributed by atoms with E-state index in [4.69, 9.17) is 11.6 Å². The molecule has 0 fully saturated rings. The Labute approximate surface area is 111 Å². The van der Waals surface area contributed by atoms with Crippen LogP contribution in [0.15, 0.2) is 41.4 Å². The first-order valence-electron chi connectivity index (χ1n) is 4.29. The van der Waals surface area contributed by atoms with E-state index in [9.17, 15) is 0 Å². The minimum atomic E-state index is 0.791. The van der Waals surface area contributed by atoms with Crippen LogP contribution >= 0.6 is 45.5 Å². The number of rotatable bonds is 2. The Morgan fingerprint density at radius 1 is 1.20 bits per heavy atom. The highest BCUT2D eigenvalue weighted by Gasteiger charge is 1.96. The summed E-state index contributed by atoms with van der Waals surface area (Å²) in [6.07, 6.45) is 1.84. The zero-order valence-corrected chi connectivity index (χ0v) is 11.4. The number of benzene rings is 1. The summed E-state index contributed by atoms with van der Waals surface area (Å²) < 4.78 is 1.94. The average Bonchev–Trinajstić information content (AvgIpc) is 2.63. The van der Waals surface area contributed by atoms with E-state index in [2.05, 4.69) is 27.6 Å². The second kappa shape index (κ2) is 5.09. The fourth-order valence-corrected chi connectivity index (χ4v) is 2.55. The molecule has 0 spiro atoms. The number of aliphatic imine (C=N–C) groups is 1. The summed E-state index contributed by atoms with van der Waals surface area (Å²) >= 11 is 9.63. The van der Waals surface area contributed by atoms with Crippen LogP contribution in [0.3, 0.4) is 0 Å². The Hall–Kier alpha value is -0.390. The predicted molar refractivity (Wildman–Crippen MR) is 75.7 cm³/mol. The molecular weight excluding hydrogens is 341 g/mol. The zero-order valence-electron chi connectivity index (χ0n) is 7.65. The Bertz CT molecular complexity index is 493. The van der Waals surface area contributed by atoms with Gasteiger partial charge in [-0.3, -0.25) is 4.99 Å². The van der Waals surface area contributed by atoms with E-state index in [0.717, 1.165) is 18.5 Å². The van der Waals surface area contributed by atoms with Gasteiger partial charge in [0, 0.05) is 14.7 Å². The van der Waals surface area contributed by atoms with Gasteiger partial charge in [0.15, 0.2) is 0 Å². The maximum atomic E-state index is 5.83. The maximum Gasteiger partial charge on any atom is 0.0935 e. The number of hydrogen-bond donors (Lipinski definition) is 0. The van der Waals surface area contributed by atoms with Gasteiger partial charge in [-0.2, -0.15) is 0 Å². The lowest BCUT2D eigenvalue weighted by atomic mass is 10.3. The highest BCUT2D eigenvalue weighted by Crippen LogP contribution is 2.23. The molecule has 1 heterocycles. The summed E-state index contributed by atoms with van der Waals surface area (Å²) in [5, 5.41) is 0. The van der Waals surface area contributed by atoms with Gasteiger partial charge in [-0.15, -0.1) is 11.3 Å². The molecule has 1 aromatic carbocycles. The molecule has 0 amide bonds. The third-order valence-corrected chi connectivity index (χ3v) is 3.86. The van der Waals surface area contributed by atoms with Crippen LogP contribution in [-0.2, 0) is 0 Å². The molecule has 0 unspecified atom stereocenters. The third kappa shape index (κ3) is 3.03. The van der Waals surface area contributed by atoms with E-state index >= 15 is 0 Å². The van der Waals surface area contributed by atoms with E-state index in [1.165, 1.54) is 11.3 Å². The lowest BCUT2D eigenvalue weighted by Crippen LogP contribution is -1.74. The van der Waals surface area contributed by atoms with Crippen LogP contribution in [-0.4, -0.2) is 6.21 Å². The van der Waals surface area contributed by atoms with Crippen molar-refractivity contribution >= 4 is 57.4 Å². The summed E-state index contributed by atoms with van der Waals surface area (Å²) in [6, 6.07) is 11.9. The SMILES string of the molecule is Clc1ccc(C=Nc2ccccc2I)s1. The fraction of sp³-hybridized carbons (Fsp3) is 0. The van der Waals surface area contributed by atoms with Crippen LogP contribution in [0.25, 0.3) is 0 Å². The smallest absolute Gasteiger partial charge is 0.0935 e. The second-order valence-electron chi connectivity index (χ2n) is 2.85. The van der Waals surface area contributed by atoms with Gasteiger partial charge in [0.2, 0.25) is 0 Å². The van der Waals surface area contributed by atoms with Crippen molar-refractivity contribution in [3.8, 4) is 0 Å². The van der Waals surface area contributed by atoms with Gasteiger partial charge in [-0.1, -0.05) is 23.7 Å². The normalized spacial score (nSPS) is 11.1. The standard InChI is InChI=1S/C11H7ClINS/c12-11-6-5-8(15-11)7-14-10-4-2-1-3-9(10)13/h1-7H. The van der Waals surface area contributed by atoms with Gasteiger partial charge >= 0.3 is 0 Å². The number of thiophene rings is 1. The molecule has 2 rings (SSSR count). The van der Waals surface area contributed by atoms with Gasteiger partial charge in [0.05, 0.1) is 10.0 Å². The summed E-state index contributed by atoms with van der Waals surface area (Å²) in [6.45, 7) is 0. The molecule has 1 aromatic heterocycles. The van der Waals surface area contributed by atoms with Gasteiger partial charge in [-0.25, -0.2) is 0 Å². The molecule has 0 saturated heterocycles. The van der Waals surface area contributed by atoms with Gasteiger partial charge in [0.1, 0.15) is 0 Å². The molecule has 15 heavy (non-hydrogen) atoms. The molecule has 76 valence electrons. The van der Waals surface area contributed by atoms with Crippen LogP contribution < -0.4 is 0 Å². The van der Waals surface area contributed by atoms with Crippen molar-refractivity contribution in [1.82, 2.24) is 0 Å². The summed E-state index contributed by atoms with van der Waals surface area (Å²) in [4.78, 5) is 5.48. The first-order valence-corrected chi connectivity index (χ1v) is 6.57. The molecule has 0 aliphatic heterocycles. The van der Waals surface area contributed by atoms with Crippen LogP contribution in [0.2, 0.25) is 4.34 Å². The minimum absolute atomic E-state index is 0.791. The fourth-order valence-electron chi connectivity index (χ4n) is 1.09. The monoisotopic (exact) mass is 347 g/mol. The van der Waals surface area contributed by atoms with E-state index in [1.807, 2.05) is 42.6 Å². The van der Waals surface area contributed by atoms with Crippen molar-refractivity contribution in [2.24, 2.45) is 4.99 Å². The van der Waals surface area contributed by atoms with E-state index in [-0.39, 0.29) is 0 Å². The summed E-state index contributed by atoms with van der Waals surface area (Å²) in [5.74, 6) is 0. The summed E-state index contributed by atoms with van der Waals surface area (Å²) in [7, 11) is 0. The average molecular weight is 348 g/mol. The molecule has 0 atom stereocenters. The quantitative estimate of drug-likeness (QED) is 0.549. The zero-order chi connectivity index (χ0) is 10.7. The van der Waals surface area contributed by atoms with E-state index in [1.54, 1.807) is 0 Å². The second-order valence-corrected chi connectivity index (χ2v) is 5.76. The Balaban J connectivity index is 2.22. The highest BCUT2D eigenvalue weighted by molar-refractivity contribution is 14.1. The van der Waals surface area contributed by atoms with Crippen molar-refractivity contribution in [3.63, 3.8) is 0 Å². The Morgan fingerprint density at radius 3 is 2.67 bits per heavy atom. The predicted octanol–water partition coefficient (Wildman–Crippen LogP) is 4.76. The molecule has 0 N–H and O–H groups in total. The van der Waals surface area contributed by atoms with Crippen LogP contribution in [0.1, 0.15) is 4.88 Å². The first-order chi connectivity index (χ1) is 7.25. The first kappa shape index (κ1) is 11.1. The molecule has 0 saturated carbocycles. The number of nitrogens with zero attached hydrogens (tertiary/aromatic N) is 1. The van der Waals surface area contributed by atoms with Crippen LogP contribution in [0.5, 0.6) is 0 Å². The molecule has 2 aromatic rings. The molecular formula is C11H7ClINS. The maximum absolute atomic E-state index is 5.83. The number of halogens is 2. The van der Waals surface area contributed by atoms with Gasteiger partial charge in [-0.05, 0) is 46.9 Å². The third-order valence-electron chi connectivity index (χ3n) is 1.78. The Kier molecular flexibility index (Phi) is 3.77. The van der Waals surface area contributed by atoms with E-state index in [0.29, 0.717) is 0 Å². The van der Waals surface area contributed by atoms with Crippen molar-refractivity contribution in [3.05, 3.63) is 49.2 Å². The van der Waals surface area contributed by atoms with Gasteiger partial charge in [0.25, 0.3) is 0 Å². The van der Waals surface area contributed by atoms with Crippen LogP contribution in [0, 0.1) is 3.57 Å². The lowest BCUT2D eigenvalue weighted by molar-refractivity contribution is 1.50. The molecule has 0 radical (unpaired) electrons. The lowest BCUT2D eigenvalue weighted by Gasteiger charge is -1.95. The molecule has 0 bridgehead atoms. The highest BCUT2D eigenvalue weighted by atomic mass is 127. The van der Waals surface area contributed by atoms with Gasteiger partial charge < -0.3 is 0 Å². The van der Waals surface area contributed by atoms with Crippen molar-refractivity contribution in [1.29, 1.82) is 0 Å². The molecule has 0 aliphatic carbocycles. The topological polar surface area (TPSA) is 12.4 Å². The minimum Gasteiger partial charge on any atom is -0.254 e. The number of para-hydroxylation sites is 1.